The van der Waals surface area contributed by atoms with E-state index in [-0.39, 0.29) is 16.8 Å². The van der Waals surface area contributed by atoms with Gasteiger partial charge >= 0.3 is 0 Å². The Kier molecular flexibility index (Phi) is 5.67. The monoisotopic (exact) mass is 389 g/mol. The topological polar surface area (TPSA) is 102 Å². The Morgan fingerprint density at radius 2 is 2.00 bits per heavy atom. The van der Waals surface area contributed by atoms with Gasteiger partial charge < -0.3 is 15.4 Å². The first-order valence-corrected chi connectivity index (χ1v) is 10.2. The molecule has 1 aliphatic heterocycles. The van der Waals surface area contributed by atoms with Crippen molar-refractivity contribution in [1.82, 2.24) is 4.90 Å². The number of piperidine rings is 1. The number of methoxy groups -OCH3 is 1. The molecule has 0 radical (unpaired) electrons. The number of benzene rings is 2. The number of para-hydroxylation sites is 2. The molecule has 0 spiro atoms. The lowest BCUT2D eigenvalue weighted by Crippen LogP contribution is -2.45. The van der Waals surface area contributed by atoms with Gasteiger partial charge in [0.15, 0.2) is 0 Å². The molecule has 0 saturated carbocycles. The molecule has 1 atom stereocenters. The van der Waals surface area contributed by atoms with E-state index in [9.17, 15) is 13.2 Å². The number of hydrogen-bond donors (Lipinski definition) is 2. The molecule has 1 aliphatic rings. The summed E-state index contributed by atoms with van der Waals surface area (Å²) in [5.41, 5.74) is 6.60. The van der Waals surface area contributed by atoms with E-state index >= 15 is 0 Å². The van der Waals surface area contributed by atoms with Gasteiger partial charge in [-0.25, -0.2) is 8.42 Å². The highest BCUT2D eigenvalue weighted by molar-refractivity contribution is 7.92. The zero-order valence-corrected chi connectivity index (χ0v) is 15.9. The van der Waals surface area contributed by atoms with E-state index in [0.717, 1.165) is 12.8 Å². The van der Waals surface area contributed by atoms with Crippen LogP contribution in [-0.4, -0.2) is 45.5 Å². The summed E-state index contributed by atoms with van der Waals surface area (Å²) >= 11 is 0. The van der Waals surface area contributed by atoms with Crippen molar-refractivity contribution in [3.63, 3.8) is 0 Å². The summed E-state index contributed by atoms with van der Waals surface area (Å²) in [6.07, 6.45) is 1.74. The molecule has 8 heteroatoms. The molecule has 0 unspecified atom stereocenters. The molecule has 144 valence electrons. The van der Waals surface area contributed by atoms with Crippen LogP contribution in [0.5, 0.6) is 5.75 Å². The van der Waals surface area contributed by atoms with Crippen LogP contribution in [0.1, 0.15) is 23.2 Å². The normalized spacial score (nSPS) is 17.4. The van der Waals surface area contributed by atoms with Gasteiger partial charge in [-0.15, -0.1) is 0 Å². The van der Waals surface area contributed by atoms with Gasteiger partial charge in [0.25, 0.3) is 15.9 Å². The van der Waals surface area contributed by atoms with Crippen molar-refractivity contribution in [1.29, 1.82) is 0 Å². The van der Waals surface area contributed by atoms with Crippen LogP contribution in [0.15, 0.2) is 53.4 Å². The fourth-order valence-electron chi connectivity index (χ4n) is 3.11. The lowest BCUT2D eigenvalue weighted by molar-refractivity contribution is 0.0708. The average molecular weight is 389 g/mol. The molecule has 27 heavy (non-hydrogen) atoms. The van der Waals surface area contributed by atoms with Gasteiger partial charge in [0.05, 0.1) is 17.7 Å². The number of nitrogens with one attached hydrogen (secondary N) is 1. The van der Waals surface area contributed by atoms with Crippen LogP contribution in [0.2, 0.25) is 0 Å². The average Bonchev–Trinajstić information content (AvgIpc) is 2.67. The minimum atomic E-state index is -3.87. The summed E-state index contributed by atoms with van der Waals surface area (Å²) in [5, 5.41) is 0. The minimum absolute atomic E-state index is 0.0144. The van der Waals surface area contributed by atoms with Crippen molar-refractivity contribution < 1.29 is 17.9 Å². The summed E-state index contributed by atoms with van der Waals surface area (Å²) in [6.45, 7) is 1.11. The Bertz CT molecular complexity index is 930. The molecule has 0 aliphatic carbocycles. The number of nitrogens with zero attached hydrogens (tertiary/aromatic N) is 1. The molecule has 1 saturated heterocycles. The Labute approximate surface area is 159 Å². The third kappa shape index (κ3) is 4.40. The highest BCUT2D eigenvalue weighted by atomic mass is 32.2. The summed E-state index contributed by atoms with van der Waals surface area (Å²) in [4.78, 5) is 14.4. The van der Waals surface area contributed by atoms with E-state index in [2.05, 4.69) is 4.72 Å². The van der Waals surface area contributed by atoms with E-state index in [0.29, 0.717) is 30.1 Å². The van der Waals surface area contributed by atoms with Crippen molar-refractivity contribution in [3.8, 4) is 5.75 Å². The van der Waals surface area contributed by atoms with Crippen molar-refractivity contribution in [3.05, 3.63) is 54.1 Å². The van der Waals surface area contributed by atoms with Gasteiger partial charge in [0.1, 0.15) is 5.75 Å². The molecule has 1 fully saturated rings. The van der Waals surface area contributed by atoms with Crippen molar-refractivity contribution >= 4 is 21.6 Å². The number of carbonyl (C=O) groups is 1. The third-order valence-electron chi connectivity index (χ3n) is 4.49. The van der Waals surface area contributed by atoms with Crippen LogP contribution in [-0.2, 0) is 10.0 Å². The first-order valence-electron chi connectivity index (χ1n) is 8.71. The number of rotatable bonds is 5. The second-order valence-electron chi connectivity index (χ2n) is 6.49. The maximum absolute atomic E-state index is 12.8. The maximum atomic E-state index is 12.8. The zero-order chi connectivity index (χ0) is 19.4. The molecular formula is C19H23N3O4S. The number of anilines is 1. The largest absolute Gasteiger partial charge is 0.495 e. The van der Waals surface area contributed by atoms with E-state index in [1.165, 1.54) is 19.2 Å². The van der Waals surface area contributed by atoms with Crippen molar-refractivity contribution in [2.24, 2.45) is 5.73 Å². The summed E-state index contributed by atoms with van der Waals surface area (Å²) < 4.78 is 33.2. The highest BCUT2D eigenvalue weighted by Crippen LogP contribution is 2.26. The maximum Gasteiger partial charge on any atom is 0.262 e. The molecule has 3 rings (SSSR count). The SMILES string of the molecule is COc1ccccc1NS(=O)(=O)c1cccc(C(=O)N2CCC[C@@H](N)C2)c1. The zero-order valence-electron chi connectivity index (χ0n) is 15.1. The lowest BCUT2D eigenvalue weighted by Gasteiger charge is -2.30. The van der Waals surface area contributed by atoms with Gasteiger partial charge in [-0.1, -0.05) is 18.2 Å². The number of sulfonamides is 1. The summed E-state index contributed by atoms with van der Waals surface area (Å²) in [5.74, 6) is 0.204. The molecule has 3 N–H and O–H groups in total. The Balaban J connectivity index is 1.84. The lowest BCUT2D eigenvalue weighted by atomic mass is 10.1. The van der Waals surface area contributed by atoms with Gasteiger partial charge in [0, 0.05) is 24.7 Å². The summed E-state index contributed by atoms with van der Waals surface area (Å²) in [6, 6.07) is 12.7. The van der Waals surface area contributed by atoms with E-state index in [4.69, 9.17) is 10.5 Å². The van der Waals surface area contributed by atoms with Gasteiger partial charge in [0.2, 0.25) is 0 Å². The highest BCUT2D eigenvalue weighted by Gasteiger charge is 2.24. The molecule has 0 aromatic heterocycles. The molecule has 1 amide bonds. The summed E-state index contributed by atoms with van der Waals surface area (Å²) in [7, 11) is -2.40. The first-order chi connectivity index (χ1) is 12.9. The van der Waals surface area contributed by atoms with Crippen LogP contribution < -0.4 is 15.2 Å². The van der Waals surface area contributed by atoms with E-state index in [1.54, 1.807) is 41.3 Å². The van der Waals surface area contributed by atoms with Crippen LogP contribution in [0.25, 0.3) is 0 Å². The number of carbonyl (C=O) groups excluding carboxylic acids is 1. The van der Waals surface area contributed by atoms with Crippen LogP contribution >= 0.6 is 0 Å². The van der Waals surface area contributed by atoms with Crippen LogP contribution in [0, 0.1) is 0 Å². The molecular weight excluding hydrogens is 366 g/mol. The minimum Gasteiger partial charge on any atom is -0.495 e. The van der Waals surface area contributed by atoms with Crippen molar-refractivity contribution in [2.45, 2.75) is 23.8 Å². The Hall–Kier alpha value is -2.58. The second kappa shape index (κ2) is 7.98. The predicted octanol–water partition coefficient (Wildman–Crippen LogP) is 2.06. The number of ether oxygens (including phenoxy) is 1. The van der Waals surface area contributed by atoms with Gasteiger partial charge in [-0.2, -0.15) is 0 Å². The van der Waals surface area contributed by atoms with Crippen molar-refractivity contribution in [2.75, 3.05) is 24.9 Å². The van der Waals surface area contributed by atoms with E-state index < -0.39 is 10.0 Å². The number of amides is 1. The molecule has 2 aromatic carbocycles. The molecule has 1 heterocycles. The fraction of sp³-hybridized carbons (Fsp3) is 0.316. The third-order valence-corrected chi connectivity index (χ3v) is 5.85. The Morgan fingerprint density at radius 1 is 1.22 bits per heavy atom. The number of nitrogens with two attached hydrogens (primary N) is 1. The Morgan fingerprint density at radius 3 is 2.74 bits per heavy atom. The first kappa shape index (κ1) is 19.2. The van der Waals surface area contributed by atoms with E-state index in [1.807, 2.05) is 0 Å². The quantitative estimate of drug-likeness (QED) is 0.815. The molecule has 0 bridgehead atoms. The van der Waals surface area contributed by atoms with Gasteiger partial charge in [-0.3, -0.25) is 9.52 Å². The number of likely N-dealkylation sites (tertiary alicyclic amines) is 1. The standard InChI is InChI=1S/C19H23N3O4S/c1-26-18-10-3-2-9-17(18)21-27(24,25)16-8-4-6-14(12-16)19(23)22-11-5-7-15(20)13-22/h2-4,6,8-10,12,15,21H,5,7,11,13,20H2,1H3/t15-/m1/s1. The molecule has 2 aromatic rings. The predicted molar refractivity (Wildman–Crippen MR) is 103 cm³/mol. The van der Waals surface area contributed by atoms with Crippen LogP contribution in [0.3, 0.4) is 0 Å². The second-order valence-corrected chi connectivity index (χ2v) is 8.17. The number of hydrogen-bond acceptors (Lipinski definition) is 5. The fourth-order valence-corrected chi connectivity index (χ4v) is 4.22. The van der Waals surface area contributed by atoms with Crippen LogP contribution in [0.4, 0.5) is 5.69 Å². The smallest absolute Gasteiger partial charge is 0.262 e. The molecule has 7 nitrogen and oxygen atoms in total. The van der Waals surface area contributed by atoms with Gasteiger partial charge in [-0.05, 0) is 43.2 Å².